The number of halogens is 2. The molecule has 0 aromatic heterocycles. The molecule has 0 saturated heterocycles. The van der Waals surface area contributed by atoms with Crippen LogP contribution in [0.3, 0.4) is 0 Å². The van der Waals surface area contributed by atoms with Crippen molar-refractivity contribution in [3.8, 4) is 5.75 Å². The Morgan fingerprint density at radius 2 is 1.95 bits per heavy atom. The topological polar surface area (TPSA) is 38.3 Å². The molecule has 0 heterocycles. The van der Waals surface area contributed by atoms with Crippen LogP contribution in [0.25, 0.3) is 0 Å². The highest BCUT2D eigenvalue weighted by Gasteiger charge is 2.09. The summed E-state index contributed by atoms with van der Waals surface area (Å²) in [6.45, 7) is 3.58. The van der Waals surface area contributed by atoms with Gasteiger partial charge in [0.2, 0.25) is 0 Å². The van der Waals surface area contributed by atoms with E-state index in [0.717, 1.165) is 17.2 Å². The lowest BCUT2D eigenvalue weighted by Crippen LogP contribution is -2.21. The average molecular weight is 291 g/mol. The van der Waals surface area contributed by atoms with Crippen LogP contribution in [0.2, 0.25) is 0 Å². The Balaban J connectivity index is 1.97. The van der Waals surface area contributed by atoms with Gasteiger partial charge >= 0.3 is 0 Å². The molecule has 0 aliphatic rings. The molecule has 0 radical (unpaired) electrons. The number of anilines is 1. The van der Waals surface area contributed by atoms with E-state index >= 15 is 0 Å². The van der Waals surface area contributed by atoms with Crippen molar-refractivity contribution >= 4 is 11.6 Å². The molecular weight excluding hydrogens is 276 g/mol. The second-order valence-electron chi connectivity index (χ2n) is 4.66. The number of carbonyl (C=O) groups excluding carboxylic acids is 1. The Morgan fingerprint density at radius 3 is 2.67 bits per heavy atom. The van der Waals surface area contributed by atoms with Gasteiger partial charge in [-0.2, -0.15) is 0 Å². The fraction of sp³-hybridized carbons (Fsp3) is 0.188. The quantitative estimate of drug-likeness (QED) is 0.934. The summed E-state index contributed by atoms with van der Waals surface area (Å²) < 4.78 is 31.6. The molecule has 0 fully saturated rings. The summed E-state index contributed by atoms with van der Waals surface area (Å²) in [5.41, 5.74) is 1.92. The molecule has 0 bridgehead atoms. The SMILES string of the molecule is Cc1cccc(OCC(=O)Nc2ccc(F)cc2F)c1C. The van der Waals surface area contributed by atoms with Crippen molar-refractivity contribution in [1.82, 2.24) is 0 Å². The Kier molecular flexibility index (Phi) is 4.52. The van der Waals surface area contributed by atoms with E-state index in [0.29, 0.717) is 11.8 Å². The van der Waals surface area contributed by atoms with Crippen molar-refractivity contribution in [1.29, 1.82) is 0 Å². The standard InChI is InChI=1S/C16H15F2NO2/c1-10-4-3-5-15(11(10)2)21-9-16(20)19-14-7-6-12(17)8-13(14)18/h3-8H,9H2,1-2H3,(H,19,20). The third-order valence-electron chi connectivity index (χ3n) is 3.12. The second-order valence-corrected chi connectivity index (χ2v) is 4.66. The first-order valence-corrected chi connectivity index (χ1v) is 6.41. The number of nitrogens with one attached hydrogen (secondary N) is 1. The summed E-state index contributed by atoms with van der Waals surface area (Å²) in [5.74, 6) is -1.43. The summed E-state index contributed by atoms with van der Waals surface area (Å²) in [7, 11) is 0. The number of rotatable bonds is 4. The molecule has 2 aromatic rings. The number of ether oxygens (including phenoxy) is 1. The maximum atomic E-state index is 13.4. The molecule has 0 aliphatic heterocycles. The molecule has 0 aliphatic carbocycles. The van der Waals surface area contributed by atoms with E-state index in [4.69, 9.17) is 4.74 Å². The van der Waals surface area contributed by atoms with E-state index in [1.165, 1.54) is 6.07 Å². The van der Waals surface area contributed by atoms with Gasteiger partial charge < -0.3 is 10.1 Å². The molecule has 0 atom stereocenters. The Labute approximate surface area is 121 Å². The van der Waals surface area contributed by atoms with Crippen molar-refractivity contribution < 1.29 is 18.3 Å². The summed E-state index contributed by atoms with van der Waals surface area (Å²) in [6, 6.07) is 8.48. The highest BCUT2D eigenvalue weighted by atomic mass is 19.1. The first-order valence-electron chi connectivity index (χ1n) is 6.41. The summed E-state index contributed by atoms with van der Waals surface area (Å²) in [5, 5.41) is 2.34. The van der Waals surface area contributed by atoms with Gasteiger partial charge in [-0.05, 0) is 43.2 Å². The smallest absolute Gasteiger partial charge is 0.262 e. The van der Waals surface area contributed by atoms with Gasteiger partial charge in [-0.1, -0.05) is 12.1 Å². The molecule has 21 heavy (non-hydrogen) atoms. The zero-order valence-electron chi connectivity index (χ0n) is 11.7. The van der Waals surface area contributed by atoms with Crippen LogP contribution in [0.4, 0.5) is 14.5 Å². The molecule has 3 nitrogen and oxygen atoms in total. The second kappa shape index (κ2) is 6.35. The number of hydrogen-bond donors (Lipinski definition) is 1. The van der Waals surface area contributed by atoms with Gasteiger partial charge in [0.15, 0.2) is 6.61 Å². The lowest BCUT2D eigenvalue weighted by atomic mass is 10.1. The van der Waals surface area contributed by atoms with E-state index in [-0.39, 0.29) is 12.3 Å². The number of amides is 1. The molecular formula is C16H15F2NO2. The minimum atomic E-state index is -0.824. The largest absolute Gasteiger partial charge is 0.483 e. The van der Waals surface area contributed by atoms with Crippen LogP contribution in [-0.4, -0.2) is 12.5 Å². The molecule has 2 rings (SSSR count). The summed E-state index contributed by atoms with van der Waals surface area (Å²) in [6.07, 6.45) is 0. The monoisotopic (exact) mass is 291 g/mol. The lowest BCUT2D eigenvalue weighted by Gasteiger charge is -2.11. The average Bonchev–Trinajstić information content (AvgIpc) is 2.43. The van der Waals surface area contributed by atoms with Crippen LogP contribution in [0, 0.1) is 25.5 Å². The first kappa shape index (κ1) is 15.0. The Morgan fingerprint density at radius 1 is 1.19 bits per heavy atom. The first-order chi connectivity index (χ1) is 9.97. The van der Waals surface area contributed by atoms with E-state index in [1.54, 1.807) is 6.07 Å². The third-order valence-corrected chi connectivity index (χ3v) is 3.12. The molecule has 5 heteroatoms. The predicted molar refractivity (Wildman–Crippen MR) is 76.4 cm³/mol. The lowest BCUT2D eigenvalue weighted by molar-refractivity contribution is -0.118. The number of carbonyl (C=O) groups is 1. The normalized spacial score (nSPS) is 10.3. The van der Waals surface area contributed by atoms with Crippen LogP contribution < -0.4 is 10.1 Å². The van der Waals surface area contributed by atoms with E-state index < -0.39 is 17.5 Å². The van der Waals surface area contributed by atoms with Crippen LogP contribution in [0.15, 0.2) is 36.4 Å². The molecule has 1 amide bonds. The minimum absolute atomic E-state index is 0.0778. The fourth-order valence-electron chi connectivity index (χ4n) is 1.80. The van der Waals surface area contributed by atoms with Crippen LogP contribution >= 0.6 is 0 Å². The summed E-state index contributed by atoms with van der Waals surface area (Å²) >= 11 is 0. The third kappa shape index (κ3) is 3.78. The van der Waals surface area contributed by atoms with E-state index in [2.05, 4.69) is 5.32 Å². The van der Waals surface area contributed by atoms with Crippen molar-refractivity contribution in [3.05, 3.63) is 59.2 Å². The van der Waals surface area contributed by atoms with E-state index in [9.17, 15) is 13.6 Å². The molecule has 0 spiro atoms. The Hall–Kier alpha value is -2.43. The van der Waals surface area contributed by atoms with Crippen molar-refractivity contribution in [3.63, 3.8) is 0 Å². The highest BCUT2D eigenvalue weighted by Crippen LogP contribution is 2.20. The molecule has 1 N–H and O–H groups in total. The van der Waals surface area contributed by atoms with Crippen molar-refractivity contribution in [2.45, 2.75) is 13.8 Å². The maximum Gasteiger partial charge on any atom is 0.262 e. The zero-order chi connectivity index (χ0) is 15.4. The van der Waals surface area contributed by atoms with Crippen molar-refractivity contribution in [2.24, 2.45) is 0 Å². The van der Waals surface area contributed by atoms with Gasteiger partial charge in [0, 0.05) is 6.07 Å². The number of benzene rings is 2. The van der Waals surface area contributed by atoms with E-state index in [1.807, 2.05) is 26.0 Å². The Bertz CT molecular complexity index is 671. The zero-order valence-corrected chi connectivity index (χ0v) is 11.7. The molecule has 2 aromatic carbocycles. The van der Waals surface area contributed by atoms with Gasteiger partial charge in [-0.25, -0.2) is 8.78 Å². The van der Waals surface area contributed by atoms with Crippen LogP contribution in [0.1, 0.15) is 11.1 Å². The van der Waals surface area contributed by atoms with Gasteiger partial charge in [0.05, 0.1) is 5.69 Å². The minimum Gasteiger partial charge on any atom is -0.483 e. The maximum absolute atomic E-state index is 13.4. The molecule has 0 unspecified atom stereocenters. The van der Waals surface area contributed by atoms with Gasteiger partial charge in [-0.15, -0.1) is 0 Å². The summed E-state index contributed by atoms with van der Waals surface area (Å²) in [4.78, 5) is 11.7. The van der Waals surface area contributed by atoms with Crippen molar-refractivity contribution in [2.75, 3.05) is 11.9 Å². The number of aryl methyl sites for hydroxylation is 1. The fourth-order valence-corrected chi connectivity index (χ4v) is 1.80. The van der Waals surface area contributed by atoms with Gasteiger partial charge in [0.1, 0.15) is 17.4 Å². The highest BCUT2D eigenvalue weighted by molar-refractivity contribution is 5.92. The predicted octanol–water partition coefficient (Wildman–Crippen LogP) is 3.60. The molecule has 0 saturated carbocycles. The van der Waals surface area contributed by atoms with Gasteiger partial charge in [0.25, 0.3) is 5.91 Å². The number of hydrogen-bond acceptors (Lipinski definition) is 2. The van der Waals surface area contributed by atoms with Gasteiger partial charge in [-0.3, -0.25) is 4.79 Å². The van der Waals surface area contributed by atoms with Crippen LogP contribution in [0.5, 0.6) is 5.75 Å². The van der Waals surface area contributed by atoms with Crippen LogP contribution in [-0.2, 0) is 4.79 Å². The molecule has 110 valence electrons.